The van der Waals surface area contributed by atoms with Crippen LogP contribution in [0.4, 0.5) is 0 Å². The van der Waals surface area contributed by atoms with Crippen LogP contribution in [0.15, 0.2) is 74.9 Å². The summed E-state index contributed by atoms with van der Waals surface area (Å²) >= 11 is 5.31. The first-order valence-corrected chi connectivity index (χ1v) is 10.7. The van der Waals surface area contributed by atoms with Gasteiger partial charge in [-0.15, -0.1) is 0 Å². The first-order valence-electron chi connectivity index (χ1n) is 9.08. The summed E-state index contributed by atoms with van der Waals surface area (Å²) in [6.07, 6.45) is 1.14. The molecule has 0 spiro atoms. The van der Waals surface area contributed by atoms with E-state index in [2.05, 4.69) is 28.1 Å². The van der Waals surface area contributed by atoms with Gasteiger partial charge in [-0.1, -0.05) is 76.2 Å². The molecule has 4 nitrogen and oxygen atoms in total. The highest BCUT2D eigenvalue weighted by atomic mass is 79.9. The monoisotopic (exact) mass is 460 g/mol. The largest absolute Gasteiger partial charge is 0.454 e. The zero-order valence-electron chi connectivity index (χ0n) is 15.5. The van der Waals surface area contributed by atoms with Crippen molar-refractivity contribution < 1.29 is 19.1 Å². The van der Waals surface area contributed by atoms with Crippen molar-refractivity contribution in [1.29, 1.82) is 0 Å². The van der Waals surface area contributed by atoms with Crippen LogP contribution in [0.3, 0.4) is 0 Å². The number of carbonyl (C=O) groups excluding carboxylic acids is 2. The number of halogens is 1. The molecule has 0 unspecified atom stereocenters. The molecule has 28 heavy (non-hydrogen) atoms. The van der Waals surface area contributed by atoms with Crippen molar-refractivity contribution in [2.24, 2.45) is 0 Å². The Morgan fingerprint density at radius 1 is 1.07 bits per heavy atom. The van der Waals surface area contributed by atoms with E-state index in [1.165, 1.54) is 6.92 Å². The highest BCUT2D eigenvalue weighted by molar-refractivity contribution is 9.11. The Kier molecular flexibility index (Phi) is 7.34. The van der Waals surface area contributed by atoms with Crippen molar-refractivity contribution in [3.8, 4) is 0 Å². The molecule has 2 atom stereocenters. The molecule has 0 aliphatic heterocycles. The molecular formula is C22H21BrO4S. The molecule has 1 aliphatic carbocycles. The summed E-state index contributed by atoms with van der Waals surface area (Å²) in [7, 11) is 0. The molecule has 0 heterocycles. The number of allylic oxidation sites excluding steroid dienone is 1. The number of ether oxygens (including phenoxy) is 2. The first kappa shape index (κ1) is 20.7. The quantitative estimate of drug-likeness (QED) is 0.510. The third-order valence-electron chi connectivity index (χ3n) is 4.26. The number of benzene rings is 2. The third kappa shape index (κ3) is 5.49. The summed E-state index contributed by atoms with van der Waals surface area (Å²) in [5.41, 5.74) is 0.595. The maximum absolute atomic E-state index is 12.8. The van der Waals surface area contributed by atoms with E-state index < -0.39 is 18.0 Å². The van der Waals surface area contributed by atoms with Gasteiger partial charge in [-0.05, 0) is 31.4 Å². The highest BCUT2D eigenvalue weighted by Crippen LogP contribution is 2.41. The van der Waals surface area contributed by atoms with E-state index in [4.69, 9.17) is 9.47 Å². The number of rotatable bonds is 6. The van der Waals surface area contributed by atoms with Gasteiger partial charge in [0.25, 0.3) is 0 Å². The average molecular weight is 461 g/mol. The van der Waals surface area contributed by atoms with E-state index in [-0.39, 0.29) is 6.10 Å². The van der Waals surface area contributed by atoms with Gasteiger partial charge in [-0.3, -0.25) is 4.79 Å². The minimum absolute atomic E-state index is 0.380. The maximum Gasteiger partial charge on any atom is 0.352 e. The topological polar surface area (TPSA) is 52.6 Å². The van der Waals surface area contributed by atoms with Crippen molar-refractivity contribution in [3.63, 3.8) is 0 Å². The fourth-order valence-electron chi connectivity index (χ4n) is 2.96. The van der Waals surface area contributed by atoms with Crippen LogP contribution < -0.4 is 0 Å². The Labute approximate surface area is 177 Å². The molecule has 3 rings (SSSR count). The Morgan fingerprint density at radius 2 is 1.71 bits per heavy atom. The minimum atomic E-state index is -1.06. The van der Waals surface area contributed by atoms with E-state index in [1.807, 2.05) is 24.3 Å². The molecule has 0 radical (unpaired) electrons. The molecule has 0 N–H and O–H groups in total. The lowest BCUT2D eigenvalue weighted by atomic mass is 10.0. The molecule has 1 aliphatic rings. The molecule has 0 saturated carbocycles. The van der Waals surface area contributed by atoms with Gasteiger partial charge >= 0.3 is 11.9 Å². The highest BCUT2D eigenvalue weighted by Gasteiger charge is 2.31. The van der Waals surface area contributed by atoms with Crippen LogP contribution in [-0.2, 0) is 19.1 Å². The molecule has 0 amide bonds. The van der Waals surface area contributed by atoms with Crippen LogP contribution in [0.2, 0.25) is 0 Å². The number of esters is 2. The van der Waals surface area contributed by atoms with Gasteiger partial charge in [0, 0.05) is 26.8 Å². The number of hydrogen-bond donors (Lipinski definition) is 0. The summed E-state index contributed by atoms with van der Waals surface area (Å²) in [5.74, 6) is -1.08. The second kappa shape index (κ2) is 9.94. The average Bonchev–Trinajstić information content (AvgIpc) is 2.70. The molecule has 6 heteroatoms. The standard InChI is InChI=1S/C22H21BrO4S/c1-15(24)26-21(16-9-4-2-5-10-16)22(25)27-18-13-8-14-19(20(18)23)28-17-11-6-3-7-12-17/h2-7,9-12,18,21H,8,13-14H2,1H3/t18-,21-/m0/s1. The van der Waals surface area contributed by atoms with E-state index in [1.54, 1.807) is 36.0 Å². The van der Waals surface area contributed by atoms with Crippen LogP contribution in [0.25, 0.3) is 0 Å². The van der Waals surface area contributed by atoms with Gasteiger partial charge < -0.3 is 9.47 Å². The van der Waals surface area contributed by atoms with Crippen molar-refractivity contribution >= 4 is 39.6 Å². The number of thioether (sulfide) groups is 1. The molecule has 2 aromatic carbocycles. The van der Waals surface area contributed by atoms with Crippen LogP contribution in [0, 0.1) is 0 Å². The number of carbonyl (C=O) groups is 2. The lowest BCUT2D eigenvalue weighted by Crippen LogP contribution is -2.27. The second-order valence-corrected chi connectivity index (χ2v) is 8.43. The van der Waals surface area contributed by atoms with Crippen LogP contribution in [0.5, 0.6) is 0 Å². The van der Waals surface area contributed by atoms with Crippen molar-refractivity contribution in [2.45, 2.75) is 43.3 Å². The minimum Gasteiger partial charge on any atom is -0.454 e. The normalized spacial score (nSPS) is 17.7. The Balaban J connectivity index is 1.75. The maximum atomic E-state index is 12.8. The SMILES string of the molecule is CC(=O)O[C@H](C(=O)O[C@H]1CCCC(Sc2ccccc2)=C1Br)c1ccccc1. The summed E-state index contributed by atoms with van der Waals surface area (Å²) in [5, 5.41) is 0. The Bertz CT molecular complexity index is 851. The van der Waals surface area contributed by atoms with E-state index in [9.17, 15) is 9.59 Å². The zero-order chi connectivity index (χ0) is 19.9. The van der Waals surface area contributed by atoms with Crippen molar-refractivity contribution in [3.05, 3.63) is 75.6 Å². The van der Waals surface area contributed by atoms with Gasteiger partial charge in [0.1, 0.15) is 6.10 Å². The lowest BCUT2D eigenvalue weighted by molar-refractivity contribution is -0.170. The number of hydrogen-bond acceptors (Lipinski definition) is 5. The molecule has 0 aromatic heterocycles. The molecular weight excluding hydrogens is 440 g/mol. The molecule has 0 fully saturated rings. The lowest BCUT2D eigenvalue weighted by Gasteiger charge is -2.26. The van der Waals surface area contributed by atoms with Gasteiger partial charge in [0.2, 0.25) is 6.10 Å². The fraction of sp³-hybridized carbons (Fsp3) is 0.273. The van der Waals surface area contributed by atoms with Gasteiger partial charge in [-0.2, -0.15) is 0 Å². The van der Waals surface area contributed by atoms with E-state index >= 15 is 0 Å². The zero-order valence-corrected chi connectivity index (χ0v) is 17.9. The van der Waals surface area contributed by atoms with Gasteiger partial charge in [0.05, 0.1) is 0 Å². The predicted molar refractivity (Wildman–Crippen MR) is 113 cm³/mol. The summed E-state index contributed by atoms with van der Waals surface area (Å²) in [6, 6.07) is 19.0. The molecule has 2 aromatic rings. The summed E-state index contributed by atoms with van der Waals surface area (Å²) in [6.45, 7) is 1.29. The third-order valence-corrected chi connectivity index (χ3v) is 6.69. The van der Waals surface area contributed by atoms with Crippen LogP contribution in [-0.4, -0.2) is 18.0 Å². The molecule has 146 valence electrons. The van der Waals surface area contributed by atoms with Crippen molar-refractivity contribution in [2.75, 3.05) is 0 Å². The van der Waals surface area contributed by atoms with Gasteiger partial charge in [0.15, 0.2) is 0 Å². The van der Waals surface area contributed by atoms with Crippen LogP contribution in [0.1, 0.15) is 37.9 Å². The molecule has 0 bridgehead atoms. The smallest absolute Gasteiger partial charge is 0.352 e. The van der Waals surface area contributed by atoms with Gasteiger partial charge in [-0.25, -0.2) is 4.79 Å². The predicted octanol–water partition coefficient (Wildman–Crippen LogP) is 5.79. The molecule has 0 saturated heterocycles. The summed E-state index contributed by atoms with van der Waals surface area (Å²) in [4.78, 5) is 26.6. The summed E-state index contributed by atoms with van der Waals surface area (Å²) < 4.78 is 11.9. The first-order chi connectivity index (χ1) is 13.5. The Morgan fingerprint density at radius 3 is 2.36 bits per heavy atom. The van der Waals surface area contributed by atoms with E-state index in [0.29, 0.717) is 5.56 Å². The fourth-order valence-corrected chi connectivity index (χ4v) is 4.78. The second-order valence-electron chi connectivity index (χ2n) is 6.40. The van der Waals surface area contributed by atoms with Crippen molar-refractivity contribution in [1.82, 2.24) is 0 Å². The van der Waals surface area contributed by atoms with E-state index in [0.717, 1.165) is 33.5 Å². The van der Waals surface area contributed by atoms with Crippen LogP contribution >= 0.6 is 27.7 Å². The Hall–Kier alpha value is -2.05.